The molecule has 0 saturated carbocycles. The normalized spacial score (nSPS) is 11.8. The van der Waals surface area contributed by atoms with Gasteiger partial charge in [0.1, 0.15) is 18.3 Å². The van der Waals surface area contributed by atoms with E-state index < -0.39 is 28.5 Å². The molecule has 0 fully saturated rings. The number of amides is 2. The number of rotatable bonds is 13. The van der Waals surface area contributed by atoms with Crippen molar-refractivity contribution < 1.29 is 22.7 Å². The molecule has 0 bridgehead atoms. The van der Waals surface area contributed by atoms with Gasteiger partial charge in [-0.15, -0.1) is 0 Å². The summed E-state index contributed by atoms with van der Waals surface area (Å²) in [6.45, 7) is 1.50. The zero-order valence-corrected chi connectivity index (χ0v) is 26.6. The number of anilines is 1. The summed E-state index contributed by atoms with van der Waals surface area (Å²) in [5, 5.41) is 3.54. The average Bonchev–Trinajstić information content (AvgIpc) is 3.02. The molecule has 0 radical (unpaired) electrons. The minimum Gasteiger partial charge on any atom is -0.497 e. The fourth-order valence-electron chi connectivity index (χ4n) is 4.69. The predicted molar refractivity (Wildman–Crippen MR) is 174 cm³/mol. The highest BCUT2D eigenvalue weighted by molar-refractivity contribution is 7.92. The molecule has 11 heteroatoms. The second-order valence-electron chi connectivity index (χ2n) is 9.88. The van der Waals surface area contributed by atoms with Crippen molar-refractivity contribution in [1.82, 2.24) is 10.2 Å². The summed E-state index contributed by atoms with van der Waals surface area (Å²) in [7, 11) is -2.79. The maximum absolute atomic E-state index is 14.4. The lowest BCUT2D eigenvalue weighted by atomic mass is 10.0. The number of hydrogen-bond acceptors (Lipinski definition) is 5. The van der Waals surface area contributed by atoms with Crippen molar-refractivity contribution in [1.29, 1.82) is 0 Å². The van der Waals surface area contributed by atoms with Crippen LogP contribution >= 0.6 is 23.2 Å². The molecule has 4 rings (SSSR count). The van der Waals surface area contributed by atoms with Crippen molar-refractivity contribution in [2.45, 2.75) is 30.8 Å². The second kappa shape index (κ2) is 15.1. The molecule has 1 N–H and O–H groups in total. The monoisotopic (exact) mass is 653 g/mol. The van der Waals surface area contributed by atoms with Crippen LogP contribution in [0.4, 0.5) is 5.69 Å². The minimum absolute atomic E-state index is 0.0287. The minimum atomic E-state index is -4.28. The van der Waals surface area contributed by atoms with Crippen LogP contribution < -0.4 is 14.4 Å². The summed E-state index contributed by atoms with van der Waals surface area (Å²) in [4.78, 5) is 29.3. The van der Waals surface area contributed by atoms with Crippen LogP contribution in [0.25, 0.3) is 0 Å². The molecule has 0 aliphatic rings. The Morgan fingerprint density at radius 1 is 0.886 bits per heavy atom. The van der Waals surface area contributed by atoms with Gasteiger partial charge in [0.15, 0.2) is 0 Å². The average molecular weight is 655 g/mol. The van der Waals surface area contributed by atoms with Gasteiger partial charge in [-0.2, -0.15) is 0 Å². The van der Waals surface area contributed by atoms with Crippen LogP contribution in [0.15, 0.2) is 108 Å². The van der Waals surface area contributed by atoms with E-state index in [1.807, 2.05) is 30.3 Å². The molecule has 2 amide bonds. The van der Waals surface area contributed by atoms with E-state index in [1.54, 1.807) is 49.4 Å². The molecular formula is C33H33Cl2N3O5S. The van der Waals surface area contributed by atoms with Crippen LogP contribution in [0, 0.1) is 0 Å². The Labute approximate surface area is 268 Å². The SMILES string of the molecule is CCNC(=O)[C@@H](Cc1ccccc1)N(Cc1ccccc1Cl)C(=O)CN(c1cccc(Cl)c1)S(=O)(=O)c1ccc(OC)cc1. The molecule has 0 unspecified atom stereocenters. The molecule has 0 aromatic heterocycles. The zero-order valence-electron chi connectivity index (χ0n) is 24.3. The number of nitrogens with zero attached hydrogens (tertiary/aromatic N) is 2. The van der Waals surface area contributed by atoms with E-state index in [2.05, 4.69) is 5.32 Å². The quantitative estimate of drug-likeness (QED) is 0.192. The third kappa shape index (κ3) is 8.11. The van der Waals surface area contributed by atoms with Gasteiger partial charge in [0.05, 0.1) is 17.7 Å². The van der Waals surface area contributed by atoms with Crippen LogP contribution in [0.1, 0.15) is 18.1 Å². The predicted octanol–water partition coefficient (Wildman–Crippen LogP) is 5.97. The van der Waals surface area contributed by atoms with Gasteiger partial charge >= 0.3 is 0 Å². The third-order valence-corrected chi connectivity index (χ3v) is 9.34. The van der Waals surface area contributed by atoms with Crippen molar-refractivity contribution in [3.8, 4) is 5.75 Å². The summed E-state index contributed by atoms with van der Waals surface area (Å²) < 4.78 is 34.4. The van der Waals surface area contributed by atoms with E-state index in [9.17, 15) is 18.0 Å². The Bertz CT molecular complexity index is 1690. The number of halogens is 2. The molecule has 0 aliphatic carbocycles. The fraction of sp³-hybridized carbons (Fsp3) is 0.212. The number of carbonyl (C=O) groups is 2. The van der Waals surface area contributed by atoms with Gasteiger partial charge in [0.25, 0.3) is 10.0 Å². The molecule has 0 heterocycles. The van der Waals surface area contributed by atoms with Crippen molar-refractivity contribution in [3.63, 3.8) is 0 Å². The smallest absolute Gasteiger partial charge is 0.264 e. The van der Waals surface area contributed by atoms with Crippen LogP contribution in [0.3, 0.4) is 0 Å². The molecule has 44 heavy (non-hydrogen) atoms. The van der Waals surface area contributed by atoms with Crippen LogP contribution in [0.5, 0.6) is 5.75 Å². The highest BCUT2D eigenvalue weighted by Gasteiger charge is 2.34. The largest absolute Gasteiger partial charge is 0.497 e. The molecule has 4 aromatic carbocycles. The van der Waals surface area contributed by atoms with Gasteiger partial charge in [0.2, 0.25) is 11.8 Å². The van der Waals surface area contributed by atoms with Gasteiger partial charge < -0.3 is 15.0 Å². The summed E-state index contributed by atoms with van der Waals surface area (Å²) in [6.07, 6.45) is 0.200. The Morgan fingerprint density at radius 2 is 1.57 bits per heavy atom. The van der Waals surface area contributed by atoms with E-state index in [1.165, 1.54) is 42.3 Å². The van der Waals surface area contributed by atoms with Gasteiger partial charge in [-0.05, 0) is 66.6 Å². The maximum atomic E-state index is 14.4. The van der Waals surface area contributed by atoms with Gasteiger partial charge in [-0.3, -0.25) is 13.9 Å². The number of sulfonamides is 1. The van der Waals surface area contributed by atoms with Gasteiger partial charge in [0, 0.05) is 29.6 Å². The first kappa shape index (κ1) is 32.9. The summed E-state index contributed by atoms with van der Waals surface area (Å²) in [6, 6.07) is 27.5. The van der Waals surface area contributed by atoms with Gasteiger partial charge in [-0.25, -0.2) is 8.42 Å². The number of likely N-dealkylation sites (N-methyl/N-ethyl adjacent to an activating group) is 1. The molecule has 8 nitrogen and oxygen atoms in total. The first-order valence-electron chi connectivity index (χ1n) is 13.9. The van der Waals surface area contributed by atoms with E-state index in [4.69, 9.17) is 27.9 Å². The Hall–Kier alpha value is -4.05. The Kier molecular flexibility index (Phi) is 11.3. The number of hydrogen-bond donors (Lipinski definition) is 1. The van der Waals surface area contributed by atoms with E-state index in [0.29, 0.717) is 27.9 Å². The first-order valence-corrected chi connectivity index (χ1v) is 16.1. The molecule has 0 saturated heterocycles. The second-order valence-corrected chi connectivity index (χ2v) is 12.6. The molecule has 0 aliphatic heterocycles. The number of nitrogens with one attached hydrogen (secondary N) is 1. The lowest BCUT2D eigenvalue weighted by molar-refractivity contribution is -0.140. The summed E-state index contributed by atoms with van der Waals surface area (Å²) in [5.74, 6) is -0.496. The lowest BCUT2D eigenvalue weighted by Crippen LogP contribution is -2.53. The van der Waals surface area contributed by atoms with Crippen LogP contribution in [-0.4, -0.2) is 51.4 Å². The van der Waals surface area contributed by atoms with E-state index in [-0.39, 0.29) is 29.5 Å². The number of carbonyl (C=O) groups excluding carboxylic acids is 2. The molecule has 4 aromatic rings. The van der Waals surface area contributed by atoms with Crippen molar-refractivity contribution in [3.05, 3.63) is 124 Å². The molecule has 230 valence electrons. The topological polar surface area (TPSA) is 96.0 Å². The third-order valence-electron chi connectivity index (χ3n) is 6.94. The molecule has 0 spiro atoms. The Morgan fingerprint density at radius 3 is 2.20 bits per heavy atom. The number of ether oxygens (including phenoxy) is 1. The number of methoxy groups -OCH3 is 1. The fourth-order valence-corrected chi connectivity index (χ4v) is 6.48. The molecular weight excluding hydrogens is 621 g/mol. The maximum Gasteiger partial charge on any atom is 0.264 e. The Balaban J connectivity index is 1.80. The molecule has 1 atom stereocenters. The van der Waals surface area contributed by atoms with Crippen molar-refractivity contribution >= 4 is 50.7 Å². The summed E-state index contributed by atoms with van der Waals surface area (Å²) >= 11 is 12.8. The van der Waals surface area contributed by atoms with Crippen molar-refractivity contribution in [2.24, 2.45) is 0 Å². The van der Waals surface area contributed by atoms with Crippen molar-refractivity contribution in [2.75, 3.05) is 24.5 Å². The first-order chi connectivity index (χ1) is 21.1. The zero-order chi connectivity index (χ0) is 31.7. The standard InChI is InChI=1S/C33H33Cl2N3O5S/c1-3-36-33(40)31(20-24-10-5-4-6-11-24)37(22-25-12-7-8-15-30(25)35)32(39)23-38(27-14-9-13-26(34)21-27)44(41,42)29-18-16-28(43-2)17-19-29/h4-19,21,31H,3,20,22-23H2,1-2H3,(H,36,40)/t31-/m1/s1. The van der Waals surface area contributed by atoms with Crippen LogP contribution in [-0.2, 0) is 32.6 Å². The number of benzene rings is 4. The summed E-state index contributed by atoms with van der Waals surface area (Å²) in [5.41, 5.74) is 1.63. The van der Waals surface area contributed by atoms with E-state index in [0.717, 1.165) is 9.87 Å². The highest BCUT2D eigenvalue weighted by Crippen LogP contribution is 2.28. The lowest BCUT2D eigenvalue weighted by Gasteiger charge is -2.34. The van der Waals surface area contributed by atoms with Crippen LogP contribution in [0.2, 0.25) is 10.0 Å². The van der Waals surface area contributed by atoms with E-state index >= 15 is 0 Å². The van der Waals surface area contributed by atoms with Gasteiger partial charge in [-0.1, -0.05) is 77.8 Å². The highest BCUT2D eigenvalue weighted by atomic mass is 35.5.